The van der Waals surface area contributed by atoms with Crippen molar-refractivity contribution < 1.29 is 4.79 Å². The molecular weight excluding hydrogens is 384 g/mol. The number of thioether (sulfide) groups is 1. The number of hydrogen-bond donors (Lipinski definition) is 2. The van der Waals surface area contributed by atoms with E-state index in [0.29, 0.717) is 5.75 Å². The van der Waals surface area contributed by atoms with Crippen molar-refractivity contribution in [2.24, 2.45) is 0 Å². The molecule has 0 spiro atoms. The molecule has 2 N–H and O–H groups in total. The van der Waals surface area contributed by atoms with Crippen LogP contribution in [0.5, 0.6) is 0 Å². The molecule has 8 heteroatoms. The second-order valence-corrected chi connectivity index (χ2v) is 7.65. The second kappa shape index (κ2) is 8.50. The highest BCUT2D eigenvalue weighted by Crippen LogP contribution is 2.25. The monoisotopic (exact) mass is 400 g/mol. The van der Waals surface area contributed by atoms with Crippen LogP contribution in [0.4, 0.5) is 5.13 Å². The van der Waals surface area contributed by atoms with E-state index in [2.05, 4.69) is 36.8 Å². The van der Waals surface area contributed by atoms with E-state index in [1.54, 1.807) is 0 Å². The third-order valence-electron chi connectivity index (χ3n) is 2.81. The maximum Gasteiger partial charge on any atom is 0.230 e. The summed E-state index contributed by atoms with van der Waals surface area (Å²) in [7, 11) is 0. The molecule has 0 unspecified atom stereocenters. The van der Waals surface area contributed by atoms with Crippen molar-refractivity contribution in [3.63, 3.8) is 0 Å². The number of aromatic nitrogens is 2. The highest BCUT2D eigenvalue weighted by Gasteiger charge is 2.11. The first kappa shape index (κ1) is 17.2. The molecule has 0 saturated heterocycles. The quantitative estimate of drug-likeness (QED) is 0.693. The Morgan fingerprint density at radius 3 is 2.77 bits per heavy atom. The van der Waals surface area contributed by atoms with Crippen LogP contribution in [0.25, 0.3) is 0 Å². The first-order valence-corrected chi connectivity index (χ1v) is 9.43. The van der Waals surface area contributed by atoms with Gasteiger partial charge in [-0.05, 0) is 31.5 Å². The number of amides is 1. The van der Waals surface area contributed by atoms with Crippen LogP contribution < -0.4 is 10.6 Å². The maximum absolute atomic E-state index is 12.0. The van der Waals surface area contributed by atoms with Gasteiger partial charge in [0.25, 0.3) is 0 Å². The summed E-state index contributed by atoms with van der Waals surface area (Å²) in [5.41, 5.74) is 1.08. The lowest BCUT2D eigenvalue weighted by Crippen LogP contribution is -2.28. The molecule has 1 aromatic heterocycles. The van der Waals surface area contributed by atoms with Gasteiger partial charge in [0.05, 0.1) is 11.8 Å². The van der Waals surface area contributed by atoms with Crippen molar-refractivity contribution in [1.29, 1.82) is 0 Å². The summed E-state index contributed by atoms with van der Waals surface area (Å²) in [6.07, 6.45) is 0. The number of nitrogens with one attached hydrogen (secondary N) is 2. The highest BCUT2D eigenvalue weighted by molar-refractivity contribution is 9.10. The molecule has 1 heterocycles. The number of nitrogens with zero attached hydrogens (tertiary/aromatic N) is 2. The third kappa shape index (κ3) is 5.26. The number of carbonyl (C=O) groups excluding carboxylic acids is 1. The van der Waals surface area contributed by atoms with Crippen molar-refractivity contribution in [3.05, 3.63) is 34.3 Å². The van der Waals surface area contributed by atoms with Crippen LogP contribution >= 0.6 is 39.0 Å². The molecule has 5 nitrogen and oxygen atoms in total. The summed E-state index contributed by atoms with van der Waals surface area (Å²) >= 11 is 6.26. The van der Waals surface area contributed by atoms with E-state index in [1.165, 1.54) is 23.1 Å². The number of benzene rings is 1. The largest absolute Gasteiger partial charge is 0.360 e. The third-order valence-corrected chi connectivity index (χ3v) is 5.35. The molecule has 22 heavy (non-hydrogen) atoms. The lowest BCUT2D eigenvalue weighted by atomic mass is 10.1. The van der Waals surface area contributed by atoms with Crippen molar-refractivity contribution in [3.8, 4) is 0 Å². The minimum absolute atomic E-state index is 0.0133. The van der Waals surface area contributed by atoms with Gasteiger partial charge in [-0.2, -0.15) is 0 Å². The lowest BCUT2D eigenvalue weighted by molar-refractivity contribution is -0.119. The Bertz CT molecular complexity index is 618. The van der Waals surface area contributed by atoms with E-state index in [4.69, 9.17) is 0 Å². The zero-order valence-corrected chi connectivity index (χ0v) is 15.5. The molecule has 1 atom stereocenters. The Morgan fingerprint density at radius 1 is 1.36 bits per heavy atom. The van der Waals surface area contributed by atoms with Gasteiger partial charge in [0.2, 0.25) is 11.0 Å². The van der Waals surface area contributed by atoms with Gasteiger partial charge in [-0.25, -0.2) is 0 Å². The van der Waals surface area contributed by atoms with Gasteiger partial charge in [-0.3, -0.25) is 4.79 Å². The summed E-state index contributed by atoms with van der Waals surface area (Å²) in [4.78, 5) is 12.0. The lowest BCUT2D eigenvalue weighted by Gasteiger charge is -2.14. The molecule has 118 valence electrons. The van der Waals surface area contributed by atoms with E-state index < -0.39 is 0 Å². The highest BCUT2D eigenvalue weighted by atomic mass is 79.9. The molecule has 0 aliphatic carbocycles. The zero-order chi connectivity index (χ0) is 15.9. The first-order chi connectivity index (χ1) is 10.6. The number of hydrogen-bond acceptors (Lipinski definition) is 6. The predicted molar refractivity (Wildman–Crippen MR) is 95.5 cm³/mol. The van der Waals surface area contributed by atoms with E-state index in [9.17, 15) is 4.79 Å². The summed E-state index contributed by atoms with van der Waals surface area (Å²) in [6, 6.07) is 7.91. The van der Waals surface area contributed by atoms with Gasteiger partial charge in [-0.15, -0.1) is 10.2 Å². The fraction of sp³-hybridized carbons (Fsp3) is 0.357. The molecule has 1 amide bonds. The summed E-state index contributed by atoms with van der Waals surface area (Å²) in [5, 5.41) is 14.9. The molecule has 0 saturated carbocycles. The van der Waals surface area contributed by atoms with Crippen LogP contribution in [0, 0.1) is 0 Å². The first-order valence-electron chi connectivity index (χ1n) is 6.83. The summed E-state index contributed by atoms with van der Waals surface area (Å²) in [6.45, 7) is 4.79. The van der Waals surface area contributed by atoms with Crippen LogP contribution in [0.3, 0.4) is 0 Å². The summed E-state index contributed by atoms with van der Waals surface area (Å²) < 4.78 is 1.82. The van der Waals surface area contributed by atoms with Crippen molar-refractivity contribution in [2.75, 3.05) is 17.6 Å². The zero-order valence-electron chi connectivity index (χ0n) is 12.3. The number of halogens is 1. The minimum atomic E-state index is -0.0204. The van der Waals surface area contributed by atoms with Gasteiger partial charge in [-0.1, -0.05) is 51.2 Å². The Morgan fingerprint density at radius 2 is 2.09 bits per heavy atom. The van der Waals surface area contributed by atoms with Crippen LogP contribution in [0.15, 0.2) is 33.1 Å². The number of rotatable bonds is 7. The van der Waals surface area contributed by atoms with Crippen LogP contribution in [-0.2, 0) is 4.79 Å². The average molecular weight is 401 g/mol. The minimum Gasteiger partial charge on any atom is -0.360 e. The van der Waals surface area contributed by atoms with E-state index >= 15 is 0 Å². The number of anilines is 1. The van der Waals surface area contributed by atoms with Crippen molar-refractivity contribution in [2.45, 2.75) is 24.2 Å². The predicted octanol–water partition coefficient (Wildman–Crippen LogP) is 3.70. The van der Waals surface area contributed by atoms with E-state index in [-0.39, 0.29) is 11.9 Å². The fourth-order valence-electron chi connectivity index (χ4n) is 1.74. The molecule has 2 rings (SSSR count). The standard InChI is InChI=1S/C14H17BrN4OS2/c1-3-16-13-18-19-14(22-13)21-8-12(20)17-9(2)10-4-6-11(15)7-5-10/h4-7,9H,3,8H2,1-2H3,(H,16,18)(H,17,20)/t9-/m0/s1. The molecule has 1 aromatic carbocycles. The van der Waals surface area contributed by atoms with Gasteiger partial charge >= 0.3 is 0 Å². The Kier molecular flexibility index (Phi) is 6.66. The van der Waals surface area contributed by atoms with Gasteiger partial charge < -0.3 is 10.6 Å². The molecular formula is C14H17BrN4OS2. The normalized spacial score (nSPS) is 12.0. The molecule has 0 aliphatic heterocycles. The molecule has 0 bridgehead atoms. The van der Waals surface area contributed by atoms with Crippen LogP contribution in [0.2, 0.25) is 0 Å². The number of carbonyl (C=O) groups is 1. The average Bonchev–Trinajstić information content (AvgIpc) is 2.94. The van der Waals surface area contributed by atoms with Crippen LogP contribution in [-0.4, -0.2) is 28.4 Å². The fourth-order valence-corrected chi connectivity index (χ4v) is 3.63. The Balaban J connectivity index is 1.80. The smallest absolute Gasteiger partial charge is 0.230 e. The van der Waals surface area contributed by atoms with E-state index in [0.717, 1.165) is 26.1 Å². The van der Waals surface area contributed by atoms with Gasteiger partial charge in [0.15, 0.2) is 4.34 Å². The molecule has 0 radical (unpaired) electrons. The summed E-state index contributed by atoms with van der Waals surface area (Å²) in [5.74, 6) is 0.322. The van der Waals surface area contributed by atoms with Crippen molar-refractivity contribution in [1.82, 2.24) is 15.5 Å². The Labute approximate surface area is 146 Å². The maximum atomic E-state index is 12.0. The Hall–Kier alpha value is -1.12. The topological polar surface area (TPSA) is 66.9 Å². The van der Waals surface area contributed by atoms with Gasteiger partial charge in [0, 0.05) is 11.0 Å². The van der Waals surface area contributed by atoms with Gasteiger partial charge in [0.1, 0.15) is 0 Å². The molecule has 2 aromatic rings. The SMILES string of the molecule is CCNc1nnc(SCC(=O)N[C@@H](C)c2ccc(Br)cc2)s1. The molecule has 0 fully saturated rings. The van der Waals surface area contributed by atoms with Crippen molar-refractivity contribution >= 4 is 50.1 Å². The van der Waals surface area contributed by atoms with Crippen LogP contribution in [0.1, 0.15) is 25.5 Å². The second-order valence-electron chi connectivity index (χ2n) is 4.53. The molecule has 0 aliphatic rings. The van der Waals surface area contributed by atoms with E-state index in [1.807, 2.05) is 38.1 Å².